The van der Waals surface area contributed by atoms with Crippen LogP contribution in [0.4, 0.5) is 0 Å². The Morgan fingerprint density at radius 1 is 0.286 bits per heavy atom. The molecule has 0 nitrogen and oxygen atoms in total. The topological polar surface area (TPSA) is 0 Å². The molecular weight excluding hydrogens is 420 g/mol. The molecule has 208 valence electrons. The SMILES string of the molecule is [CH]=CCCCCCCCCCCCCCCCCCCCCCCCCCCCCCCCC[CH2]. The molecule has 0 amide bonds. The van der Waals surface area contributed by atoms with Crippen LogP contribution in [-0.2, 0) is 0 Å². The zero-order chi connectivity index (χ0) is 25.3. The number of hydrogen-bond donors (Lipinski definition) is 0. The molecule has 0 bridgehead atoms. The van der Waals surface area contributed by atoms with Gasteiger partial charge in [0.05, 0.1) is 0 Å². The quantitative estimate of drug-likeness (QED) is 0.0825. The van der Waals surface area contributed by atoms with E-state index in [4.69, 9.17) is 6.58 Å². The zero-order valence-electron chi connectivity index (χ0n) is 24.5. The summed E-state index contributed by atoms with van der Waals surface area (Å²) < 4.78 is 0. The fraction of sp³-hybridized carbons (Fsp3) is 0.914. The average molecular weight is 489 g/mol. The lowest BCUT2D eigenvalue weighted by Gasteiger charge is -2.04. The van der Waals surface area contributed by atoms with Crippen molar-refractivity contribution in [2.45, 2.75) is 205 Å². The molecule has 0 aromatic heterocycles. The van der Waals surface area contributed by atoms with Crippen molar-refractivity contribution >= 4 is 0 Å². The van der Waals surface area contributed by atoms with Crippen molar-refractivity contribution in [1.29, 1.82) is 0 Å². The van der Waals surface area contributed by atoms with Gasteiger partial charge in [0, 0.05) is 0 Å². The van der Waals surface area contributed by atoms with Gasteiger partial charge >= 0.3 is 0 Å². The van der Waals surface area contributed by atoms with Crippen molar-refractivity contribution in [1.82, 2.24) is 0 Å². The predicted molar refractivity (Wildman–Crippen MR) is 162 cm³/mol. The average Bonchev–Trinajstić information content (AvgIpc) is 2.87. The van der Waals surface area contributed by atoms with Crippen molar-refractivity contribution in [2.75, 3.05) is 0 Å². The van der Waals surface area contributed by atoms with Crippen molar-refractivity contribution < 1.29 is 0 Å². The Morgan fingerprint density at radius 2 is 0.457 bits per heavy atom. The summed E-state index contributed by atoms with van der Waals surface area (Å²) in [5, 5.41) is 0. The summed E-state index contributed by atoms with van der Waals surface area (Å²) in [5.74, 6) is 0. The highest BCUT2D eigenvalue weighted by molar-refractivity contribution is 4.61. The Morgan fingerprint density at radius 3 is 0.629 bits per heavy atom. The summed E-state index contributed by atoms with van der Waals surface area (Å²) in [6.45, 7) is 9.34. The highest BCUT2D eigenvalue weighted by Gasteiger charge is 1.97. The molecular formula is C35H68. The van der Waals surface area contributed by atoms with Crippen LogP contribution in [0.25, 0.3) is 0 Å². The van der Waals surface area contributed by atoms with Gasteiger partial charge in [-0.05, 0) is 12.8 Å². The Labute approximate surface area is 224 Å². The third-order valence-electron chi connectivity index (χ3n) is 7.87. The second kappa shape index (κ2) is 33.7. The van der Waals surface area contributed by atoms with Crippen LogP contribution >= 0.6 is 0 Å². The van der Waals surface area contributed by atoms with Crippen LogP contribution in [0.1, 0.15) is 205 Å². The molecule has 0 heterocycles. The highest BCUT2D eigenvalue weighted by atomic mass is 14.0. The van der Waals surface area contributed by atoms with Crippen molar-refractivity contribution in [2.24, 2.45) is 0 Å². The lowest BCUT2D eigenvalue weighted by Crippen LogP contribution is -1.85. The molecule has 0 atom stereocenters. The van der Waals surface area contributed by atoms with E-state index in [9.17, 15) is 0 Å². The molecule has 0 saturated heterocycles. The first-order valence-corrected chi connectivity index (χ1v) is 16.7. The first-order chi connectivity index (χ1) is 17.4. The first kappa shape index (κ1) is 34.7. The summed E-state index contributed by atoms with van der Waals surface area (Å²) in [4.78, 5) is 0. The summed E-state index contributed by atoms with van der Waals surface area (Å²) >= 11 is 0. The third kappa shape index (κ3) is 33.7. The van der Waals surface area contributed by atoms with Gasteiger partial charge in [-0.3, -0.25) is 0 Å². The zero-order valence-corrected chi connectivity index (χ0v) is 24.5. The summed E-state index contributed by atoms with van der Waals surface area (Å²) in [7, 11) is 0. The van der Waals surface area contributed by atoms with E-state index in [0.29, 0.717) is 0 Å². The Kier molecular flexibility index (Phi) is 33.5. The molecule has 0 aromatic rings. The minimum Gasteiger partial charge on any atom is -0.0845 e. The van der Waals surface area contributed by atoms with Gasteiger partial charge in [-0.15, -0.1) is 0 Å². The summed E-state index contributed by atoms with van der Waals surface area (Å²) in [6.07, 6.45) is 47.7. The van der Waals surface area contributed by atoms with Gasteiger partial charge in [0.2, 0.25) is 0 Å². The lowest BCUT2D eigenvalue weighted by molar-refractivity contribution is 0.512. The van der Waals surface area contributed by atoms with Gasteiger partial charge in [-0.2, -0.15) is 0 Å². The maximum Gasteiger partial charge on any atom is -0.0348 e. The van der Waals surface area contributed by atoms with E-state index in [0.717, 1.165) is 12.8 Å². The molecule has 35 heavy (non-hydrogen) atoms. The lowest BCUT2D eigenvalue weighted by atomic mass is 10.0. The van der Waals surface area contributed by atoms with Gasteiger partial charge in [0.1, 0.15) is 0 Å². The maximum atomic E-state index is 5.42. The second-order valence-electron chi connectivity index (χ2n) is 11.5. The van der Waals surface area contributed by atoms with Gasteiger partial charge in [0.15, 0.2) is 0 Å². The van der Waals surface area contributed by atoms with Crippen LogP contribution in [0, 0.1) is 13.5 Å². The van der Waals surface area contributed by atoms with Gasteiger partial charge < -0.3 is 0 Å². The molecule has 0 N–H and O–H groups in total. The van der Waals surface area contributed by atoms with E-state index >= 15 is 0 Å². The van der Waals surface area contributed by atoms with Crippen molar-refractivity contribution in [3.8, 4) is 0 Å². The molecule has 0 rings (SSSR count). The molecule has 0 unspecified atom stereocenters. The van der Waals surface area contributed by atoms with Crippen LogP contribution in [0.5, 0.6) is 0 Å². The summed E-state index contributed by atoms with van der Waals surface area (Å²) in [5.41, 5.74) is 0. The molecule has 0 spiro atoms. The van der Waals surface area contributed by atoms with Gasteiger partial charge in [-0.1, -0.05) is 212 Å². The maximum absolute atomic E-state index is 5.42. The Balaban J connectivity index is 3.00. The Hall–Kier alpha value is -0.260. The molecule has 2 radical (unpaired) electrons. The molecule has 0 heteroatoms. The first-order valence-electron chi connectivity index (χ1n) is 16.7. The standard InChI is InChI=1S/C35H68/c1-3-5-7-9-11-13-15-17-19-21-23-25-27-29-31-33-35-34-32-30-28-26-24-22-20-18-16-14-12-10-8-6-4-2/h1,3H,2,4-35H2. The van der Waals surface area contributed by atoms with E-state index in [1.807, 2.05) is 0 Å². The number of allylic oxidation sites excluding steroid dienone is 1. The Bertz CT molecular complexity index is 357. The van der Waals surface area contributed by atoms with Crippen molar-refractivity contribution in [3.05, 3.63) is 19.6 Å². The predicted octanol–water partition coefficient (Wildman–Crippen LogP) is 13.3. The van der Waals surface area contributed by atoms with E-state index in [2.05, 4.69) is 6.92 Å². The second-order valence-corrected chi connectivity index (χ2v) is 11.5. The van der Waals surface area contributed by atoms with Crippen LogP contribution < -0.4 is 0 Å². The van der Waals surface area contributed by atoms with E-state index in [-0.39, 0.29) is 0 Å². The smallest absolute Gasteiger partial charge is 0.0348 e. The monoisotopic (exact) mass is 489 g/mol. The number of rotatable bonds is 32. The minimum atomic E-state index is 1.10. The van der Waals surface area contributed by atoms with E-state index in [1.165, 1.54) is 193 Å². The van der Waals surface area contributed by atoms with Crippen LogP contribution in [-0.4, -0.2) is 0 Å². The molecule has 0 fully saturated rings. The van der Waals surface area contributed by atoms with Gasteiger partial charge in [-0.25, -0.2) is 0 Å². The molecule has 0 aliphatic rings. The number of unbranched alkanes of at least 4 members (excludes halogenated alkanes) is 31. The van der Waals surface area contributed by atoms with Crippen LogP contribution in [0.15, 0.2) is 6.08 Å². The summed E-state index contributed by atoms with van der Waals surface area (Å²) in [6, 6.07) is 0. The van der Waals surface area contributed by atoms with E-state index < -0.39 is 0 Å². The van der Waals surface area contributed by atoms with Gasteiger partial charge in [0.25, 0.3) is 0 Å². The fourth-order valence-electron chi connectivity index (χ4n) is 5.39. The molecule has 0 aliphatic heterocycles. The molecule has 0 saturated carbocycles. The van der Waals surface area contributed by atoms with Crippen molar-refractivity contribution in [3.63, 3.8) is 0 Å². The largest absolute Gasteiger partial charge is 0.0845 e. The normalized spacial score (nSPS) is 11.3. The third-order valence-corrected chi connectivity index (χ3v) is 7.87. The highest BCUT2D eigenvalue weighted by Crippen LogP contribution is 2.16. The number of hydrogen-bond acceptors (Lipinski definition) is 0. The minimum absolute atomic E-state index is 1.10. The van der Waals surface area contributed by atoms with E-state index in [1.54, 1.807) is 6.08 Å². The van der Waals surface area contributed by atoms with Crippen LogP contribution in [0.2, 0.25) is 0 Å². The molecule has 0 aliphatic carbocycles. The molecule has 0 aromatic carbocycles. The van der Waals surface area contributed by atoms with Crippen LogP contribution in [0.3, 0.4) is 0 Å². The fourth-order valence-corrected chi connectivity index (χ4v) is 5.39.